The van der Waals surface area contributed by atoms with E-state index in [0.29, 0.717) is 25.0 Å². The number of nitrogens with zero attached hydrogens (tertiary/aromatic N) is 2. The van der Waals surface area contributed by atoms with E-state index in [1.807, 2.05) is 24.3 Å². The summed E-state index contributed by atoms with van der Waals surface area (Å²) < 4.78 is 18.0. The normalized spacial score (nSPS) is 14.1. The van der Waals surface area contributed by atoms with E-state index in [-0.39, 0.29) is 0 Å². The lowest BCUT2D eigenvalue weighted by molar-refractivity contribution is 0.222. The fourth-order valence-corrected chi connectivity index (χ4v) is 3.75. The molecule has 0 saturated carbocycles. The van der Waals surface area contributed by atoms with Crippen LogP contribution in [0.3, 0.4) is 0 Å². The van der Waals surface area contributed by atoms with Gasteiger partial charge in [0.2, 0.25) is 0 Å². The van der Waals surface area contributed by atoms with E-state index in [1.54, 1.807) is 0 Å². The summed E-state index contributed by atoms with van der Waals surface area (Å²) in [5.74, 6) is 2.65. The maximum absolute atomic E-state index is 6.05. The molecule has 0 fully saturated rings. The van der Waals surface area contributed by atoms with Gasteiger partial charge in [-0.2, -0.15) is 0 Å². The molecule has 0 saturated heterocycles. The Morgan fingerprint density at radius 2 is 1.28 bits per heavy atom. The highest BCUT2D eigenvalue weighted by Gasteiger charge is 2.11. The first-order valence-electron chi connectivity index (χ1n) is 10.3. The Hall–Kier alpha value is -2.24. The molecule has 29 heavy (non-hydrogen) atoms. The molecule has 3 aromatic rings. The molecule has 0 amide bonds. The van der Waals surface area contributed by atoms with Crippen molar-refractivity contribution < 1.29 is 13.9 Å². The van der Waals surface area contributed by atoms with Crippen molar-refractivity contribution in [1.29, 1.82) is 0 Å². The average molecular weight is 399 g/mol. The minimum absolute atomic E-state index is 0.464. The third-order valence-corrected chi connectivity index (χ3v) is 4.84. The van der Waals surface area contributed by atoms with Crippen LogP contribution in [0.2, 0.25) is 0 Å². The number of hydrogen-bond donors (Lipinski definition) is 0. The lowest BCUT2D eigenvalue weighted by atomic mass is 10.1. The van der Waals surface area contributed by atoms with E-state index in [4.69, 9.17) is 13.9 Å². The Morgan fingerprint density at radius 3 is 1.86 bits per heavy atom. The van der Waals surface area contributed by atoms with Gasteiger partial charge < -0.3 is 23.7 Å². The van der Waals surface area contributed by atoms with Gasteiger partial charge in [0.25, 0.3) is 0 Å². The third-order valence-electron chi connectivity index (χ3n) is 4.84. The number of furan rings is 1. The van der Waals surface area contributed by atoms with Crippen LogP contribution in [0.1, 0.15) is 13.8 Å². The van der Waals surface area contributed by atoms with Crippen molar-refractivity contribution in [3.05, 3.63) is 36.4 Å². The van der Waals surface area contributed by atoms with Crippen molar-refractivity contribution >= 4 is 21.9 Å². The summed E-state index contributed by atoms with van der Waals surface area (Å²) in [7, 11) is 8.33. The minimum Gasteiger partial charge on any atom is -0.493 e. The van der Waals surface area contributed by atoms with Crippen LogP contribution in [0, 0.1) is 11.8 Å². The van der Waals surface area contributed by atoms with Crippen molar-refractivity contribution in [2.24, 2.45) is 11.8 Å². The van der Waals surface area contributed by atoms with Gasteiger partial charge in [-0.1, -0.05) is 13.8 Å². The highest BCUT2D eigenvalue weighted by Crippen LogP contribution is 2.33. The summed E-state index contributed by atoms with van der Waals surface area (Å²) >= 11 is 0. The number of benzene rings is 2. The molecular formula is C24H34N2O3. The molecule has 3 rings (SSSR count). The van der Waals surface area contributed by atoms with Crippen molar-refractivity contribution in [2.75, 3.05) is 54.5 Å². The number of fused-ring (bicyclic) bond motifs is 3. The molecule has 0 aliphatic heterocycles. The fraction of sp³-hybridized carbons (Fsp3) is 0.500. The van der Waals surface area contributed by atoms with E-state index in [2.05, 4.69) is 64.0 Å². The maximum Gasteiger partial charge on any atom is 0.139 e. The van der Waals surface area contributed by atoms with Gasteiger partial charge >= 0.3 is 0 Å². The van der Waals surface area contributed by atoms with Crippen molar-refractivity contribution in [1.82, 2.24) is 9.80 Å². The second kappa shape index (κ2) is 9.51. The second-order valence-corrected chi connectivity index (χ2v) is 8.77. The maximum atomic E-state index is 6.05. The lowest BCUT2D eigenvalue weighted by Gasteiger charge is -2.17. The molecule has 2 unspecified atom stereocenters. The molecule has 2 aromatic carbocycles. The Labute approximate surface area is 174 Å². The molecule has 0 bridgehead atoms. The van der Waals surface area contributed by atoms with E-state index in [0.717, 1.165) is 46.5 Å². The fourth-order valence-electron chi connectivity index (χ4n) is 3.75. The zero-order valence-corrected chi connectivity index (χ0v) is 18.6. The highest BCUT2D eigenvalue weighted by molar-refractivity contribution is 6.05. The van der Waals surface area contributed by atoms with Crippen LogP contribution >= 0.6 is 0 Å². The van der Waals surface area contributed by atoms with Crippen LogP contribution in [0.5, 0.6) is 11.5 Å². The minimum atomic E-state index is 0.464. The summed E-state index contributed by atoms with van der Waals surface area (Å²) in [6.07, 6.45) is 0. The number of ether oxygens (including phenoxy) is 2. The first-order chi connectivity index (χ1) is 13.8. The van der Waals surface area contributed by atoms with Crippen molar-refractivity contribution in [3.8, 4) is 11.5 Å². The van der Waals surface area contributed by atoms with Gasteiger partial charge in [0.05, 0.1) is 13.2 Å². The van der Waals surface area contributed by atoms with Gasteiger partial charge in [-0.15, -0.1) is 0 Å². The average Bonchev–Trinajstić information content (AvgIpc) is 3.00. The zero-order chi connectivity index (χ0) is 21.0. The van der Waals surface area contributed by atoms with Gasteiger partial charge in [0.15, 0.2) is 0 Å². The molecule has 0 aliphatic rings. The summed E-state index contributed by atoms with van der Waals surface area (Å²) in [6, 6.07) is 12.1. The Kier molecular flexibility index (Phi) is 7.04. The molecule has 2 atom stereocenters. The number of hydrogen-bond acceptors (Lipinski definition) is 5. The summed E-state index contributed by atoms with van der Waals surface area (Å²) in [5, 5.41) is 2.16. The molecule has 0 N–H and O–H groups in total. The van der Waals surface area contributed by atoms with Crippen LogP contribution in [0.4, 0.5) is 0 Å². The molecule has 158 valence electrons. The standard InChI is InChI=1S/C24H34N2O3/c1-17(13-25(3)4)15-27-19-8-10-23-22(11-19)21-9-7-20(12-24(21)29-23)28-16-18(2)14-26(5)6/h7-12,17-18H,13-16H2,1-6H3. The summed E-state index contributed by atoms with van der Waals surface area (Å²) in [4.78, 5) is 4.36. The van der Waals surface area contributed by atoms with Crippen LogP contribution in [-0.2, 0) is 0 Å². The van der Waals surface area contributed by atoms with Gasteiger partial charge in [-0.3, -0.25) is 0 Å². The third kappa shape index (κ3) is 5.87. The van der Waals surface area contributed by atoms with E-state index >= 15 is 0 Å². The second-order valence-electron chi connectivity index (χ2n) is 8.77. The molecule has 0 spiro atoms. The topological polar surface area (TPSA) is 38.1 Å². The van der Waals surface area contributed by atoms with E-state index in [1.165, 1.54) is 0 Å². The molecular weight excluding hydrogens is 364 g/mol. The van der Waals surface area contributed by atoms with E-state index < -0.39 is 0 Å². The first kappa shape index (κ1) is 21.5. The summed E-state index contributed by atoms with van der Waals surface area (Å²) in [6.45, 7) is 7.79. The van der Waals surface area contributed by atoms with Crippen LogP contribution in [-0.4, -0.2) is 64.3 Å². The predicted octanol–water partition coefficient (Wildman–Crippen LogP) is 4.74. The zero-order valence-electron chi connectivity index (χ0n) is 18.6. The van der Waals surface area contributed by atoms with Crippen molar-refractivity contribution in [3.63, 3.8) is 0 Å². The predicted molar refractivity (Wildman–Crippen MR) is 120 cm³/mol. The smallest absolute Gasteiger partial charge is 0.139 e. The molecule has 1 aromatic heterocycles. The molecule has 0 radical (unpaired) electrons. The van der Waals surface area contributed by atoms with E-state index in [9.17, 15) is 0 Å². The Morgan fingerprint density at radius 1 is 0.724 bits per heavy atom. The quantitative estimate of drug-likeness (QED) is 0.493. The molecule has 1 heterocycles. The van der Waals surface area contributed by atoms with Gasteiger partial charge in [0, 0.05) is 41.8 Å². The molecule has 5 heteroatoms. The first-order valence-corrected chi connectivity index (χ1v) is 10.3. The van der Waals surface area contributed by atoms with Gasteiger partial charge in [0.1, 0.15) is 22.7 Å². The summed E-state index contributed by atoms with van der Waals surface area (Å²) in [5.41, 5.74) is 1.71. The molecule has 5 nitrogen and oxygen atoms in total. The Bertz CT molecular complexity index is 932. The monoisotopic (exact) mass is 398 g/mol. The largest absolute Gasteiger partial charge is 0.493 e. The van der Waals surface area contributed by atoms with Crippen LogP contribution in [0.15, 0.2) is 40.8 Å². The van der Waals surface area contributed by atoms with Crippen molar-refractivity contribution in [2.45, 2.75) is 13.8 Å². The Balaban J connectivity index is 1.71. The van der Waals surface area contributed by atoms with Crippen LogP contribution < -0.4 is 9.47 Å². The number of rotatable bonds is 10. The SMILES string of the molecule is CC(COc1ccc2c(c1)oc1ccc(OCC(C)CN(C)C)cc12)CN(C)C. The lowest BCUT2D eigenvalue weighted by Crippen LogP contribution is -2.24. The van der Waals surface area contributed by atoms with Crippen LogP contribution in [0.25, 0.3) is 21.9 Å². The molecule has 0 aliphatic carbocycles. The van der Waals surface area contributed by atoms with Gasteiger partial charge in [-0.25, -0.2) is 0 Å². The highest BCUT2D eigenvalue weighted by atomic mass is 16.5. The van der Waals surface area contributed by atoms with Gasteiger partial charge in [-0.05, 0) is 58.5 Å².